The molecule has 3 atom stereocenters. The summed E-state index contributed by atoms with van der Waals surface area (Å²) in [6, 6.07) is 7.17. The quantitative estimate of drug-likeness (QED) is 0.435. The zero-order valence-corrected chi connectivity index (χ0v) is 21.9. The van der Waals surface area contributed by atoms with E-state index in [4.69, 9.17) is 11.6 Å². The average Bonchev–Trinajstić information content (AvgIpc) is 3.48. The Hall–Kier alpha value is -0.400. The molecule has 3 heterocycles. The molecule has 168 valence electrons. The number of aryl methyl sites for hydroxylation is 3. The van der Waals surface area contributed by atoms with E-state index in [1.165, 1.54) is 72.3 Å². The van der Waals surface area contributed by atoms with Crippen molar-refractivity contribution in [2.24, 2.45) is 0 Å². The van der Waals surface area contributed by atoms with E-state index >= 15 is 0 Å². The molecule has 0 radical (unpaired) electrons. The van der Waals surface area contributed by atoms with E-state index in [9.17, 15) is 0 Å². The molecular weight excluding hydrogens is 462 g/mol. The van der Waals surface area contributed by atoms with Crippen molar-refractivity contribution in [3.8, 4) is 0 Å². The highest BCUT2D eigenvalue weighted by molar-refractivity contribution is 8.17. The van der Waals surface area contributed by atoms with E-state index in [2.05, 4.69) is 77.3 Å². The summed E-state index contributed by atoms with van der Waals surface area (Å²) in [6.45, 7) is 10.4. The molecular formula is C24H32ClN3S3. The zero-order valence-electron chi connectivity index (χ0n) is 18.7. The molecule has 1 aromatic carbocycles. The van der Waals surface area contributed by atoms with E-state index in [-0.39, 0.29) is 0 Å². The molecule has 3 unspecified atom stereocenters. The Morgan fingerprint density at radius 3 is 2.97 bits per heavy atom. The maximum absolute atomic E-state index is 6.23. The number of thiazole rings is 1. The second-order valence-corrected chi connectivity index (χ2v) is 13.6. The van der Waals surface area contributed by atoms with E-state index < -0.39 is 0 Å². The van der Waals surface area contributed by atoms with E-state index in [1.54, 1.807) is 5.56 Å². The first kappa shape index (κ1) is 22.4. The van der Waals surface area contributed by atoms with Gasteiger partial charge in [0.15, 0.2) is 0 Å². The van der Waals surface area contributed by atoms with Crippen LogP contribution in [0.4, 0.5) is 5.00 Å². The van der Waals surface area contributed by atoms with Crippen molar-refractivity contribution >= 4 is 51.5 Å². The lowest BCUT2D eigenvalue weighted by Gasteiger charge is -2.26. The first-order valence-electron chi connectivity index (χ1n) is 11.4. The largest absolute Gasteiger partial charge is 0.348 e. The minimum Gasteiger partial charge on any atom is -0.348 e. The number of fused-ring (bicyclic) bond motifs is 2. The number of aromatic nitrogens is 1. The molecule has 3 aliphatic rings. The number of hydrogen-bond donors (Lipinski definition) is 0. The third-order valence-corrected chi connectivity index (χ3v) is 11.8. The van der Waals surface area contributed by atoms with E-state index in [0.29, 0.717) is 16.0 Å². The molecule has 1 aromatic heterocycles. The predicted molar refractivity (Wildman–Crippen MR) is 139 cm³/mol. The van der Waals surface area contributed by atoms with Crippen molar-refractivity contribution in [3.05, 3.63) is 45.1 Å². The Balaban J connectivity index is 1.09. The Bertz CT molecular complexity index is 948. The molecule has 7 heteroatoms. The number of nitrogens with zero attached hydrogens (tertiary/aromatic N) is 3. The number of benzene rings is 1. The van der Waals surface area contributed by atoms with Crippen LogP contribution in [0.25, 0.3) is 0 Å². The van der Waals surface area contributed by atoms with Gasteiger partial charge >= 0.3 is 0 Å². The molecule has 1 aliphatic carbocycles. The van der Waals surface area contributed by atoms with Crippen molar-refractivity contribution < 1.29 is 0 Å². The summed E-state index contributed by atoms with van der Waals surface area (Å²) >= 11 is 12.3. The van der Waals surface area contributed by atoms with Crippen LogP contribution in [0.3, 0.4) is 0 Å². The van der Waals surface area contributed by atoms with Gasteiger partial charge in [-0.1, -0.05) is 17.7 Å². The van der Waals surface area contributed by atoms with E-state index in [1.807, 2.05) is 11.3 Å². The van der Waals surface area contributed by atoms with Gasteiger partial charge in [-0.05, 0) is 88.6 Å². The fraction of sp³-hybridized carbons (Fsp3) is 0.625. The van der Waals surface area contributed by atoms with Gasteiger partial charge in [-0.2, -0.15) is 0 Å². The number of anilines is 1. The number of likely N-dealkylation sites (tertiary alicyclic amines) is 1. The second kappa shape index (κ2) is 9.09. The topological polar surface area (TPSA) is 19.4 Å². The summed E-state index contributed by atoms with van der Waals surface area (Å²) in [5.74, 6) is 2.35. The lowest BCUT2D eigenvalue weighted by molar-refractivity contribution is 0.310. The summed E-state index contributed by atoms with van der Waals surface area (Å²) in [6.07, 6.45) is 5.10. The Kier molecular flexibility index (Phi) is 6.57. The van der Waals surface area contributed by atoms with Gasteiger partial charge in [0.25, 0.3) is 0 Å². The van der Waals surface area contributed by atoms with Gasteiger partial charge in [-0.15, -0.1) is 34.9 Å². The van der Waals surface area contributed by atoms with Crippen LogP contribution < -0.4 is 4.90 Å². The van der Waals surface area contributed by atoms with E-state index in [0.717, 1.165) is 10.9 Å². The molecule has 2 fully saturated rings. The molecule has 0 bridgehead atoms. The summed E-state index contributed by atoms with van der Waals surface area (Å²) < 4.78 is 0.665. The molecule has 31 heavy (non-hydrogen) atoms. The molecule has 0 amide bonds. The molecule has 5 rings (SSSR count). The van der Waals surface area contributed by atoms with Gasteiger partial charge in [0.2, 0.25) is 0 Å². The first-order valence-corrected chi connectivity index (χ1v) is 14.7. The number of rotatable bonds is 6. The van der Waals surface area contributed by atoms with Crippen LogP contribution in [0.15, 0.2) is 18.2 Å². The molecule has 0 N–H and O–H groups in total. The van der Waals surface area contributed by atoms with Crippen LogP contribution in [-0.2, 0) is 11.8 Å². The molecule has 2 saturated heterocycles. The molecule has 0 saturated carbocycles. The minimum absolute atomic E-state index is 0.397. The normalized spacial score (nSPS) is 28.2. The highest BCUT2D eigenvalue weighted by atomic mass is 35.5. The Morgan fingerprint density at radius 1 is 1.29 bits per heavy atom. The smallest absolute Gasteiger partial charge is 0.115 e. The third-order valence-electron chi connectivity index (χ3n) is 7.25. The third kappa shape index (κ3) is 4.40. The zero-order chi connectivity index (χ0) is 21.6. The highest BCUT2D eigenvalue weighted by Gasteiger charge is 2.43. The van der Waals surface area contributed by atoms with Crippen LogP contribution in [-0.4, -0.2) is 51.8 Å². The predicted octanol–water partition coefficient (Wildman–Crippen LogP) is 6.35. The average molecular weight is 494 g/mol. The Labute approximate surface area is 204 Å². The molecule has 1 spiro atoms. The number of halogens is 1. The maximum Gasteiger partial charge on any atom is 0.115 e. The van der Waals surface area contributed by atoms with Gasteiger partial charge in [0, 0.05) is 23.0 Å². The fourth-order valence-corrected chi connectivity index (χ4v) is 9.82. The van der Waals surface area contributed by atoms with Gasteiger partial charge in [0.1, 0.15) is 5.00 Å². The summed E-state index contributed by atoms with van der Waals surface area (Å²) in [5, 5.41) is 3.44. The van der Waals surface area contributed by atoms with Gasteiger partial charge in [-0.25, -0.2) is 4.98 Å². The van der Waals surface area contributed by atoms with Crippen molar-refractivity contribution in [2.75, 3.05) is 36.2 Å². The fourth-order valence-electron chi connectivity index (χ4n) is 5.63. The van der Waals surface area contributed by atoms with Crippen molar-refractivity contribution in [1.82, 2.24) is 9.88 Å². The van der Waals surface area contributed by atoms with Crippen molar-refractivity contribution in [1.29, 1.82) is 0 Å². The lowest BCUT2D eigenvalue weighted by atomic mass is 9.81. The minimum atomic E-state index is 0.397. The molecule has 2 aromatic rings. The van der Waals surface area contributed by atoms with Crippen molar-refractivity contribution in [3.63, 3.8) is 0 Å². The lowest BCUT2D eigenvalue weighted by Crippen LogP contribution is -2.31. The summed E-state index contributed by atoms with van der Waals surface area (Å²) in [5.41, 5.74) is 4.67. The van der Waals surface area contributed by atoms with Gasteiger partial charge in [-0.3, -0.25) is 0 Å². The van der Waals surface area contributed by atoms with Crippen molar-refractivity contribution in [2.45, 2.75) is 62.5 Å². The number of hydrogen-bond acceptors (Lipinski definition) is 6. The summed E-state index contributed by atoms with van der Waals surface area (Å²) in [7, 11) is 0. The standard InChI is InChI=1S/C24H32ClN3S3/c1-16-22(31-18(3)26-16)28-15-30-23(17(28)2)29-12-4-10-27-11-9-24(14-27)8-7-19-13-20(25)5-6-21(19)24/h5-6,13,17,23H,4,7-12,14-15H2,1-3H3. The van der Waals surface area contributed by atoms with Crippen LogP contribution in [0.2, 0.25) is 5.02 Å². The monoisotopic (exact) mass is 493 g/mol. The number of thioether (sulfide) groups is 2. The van der Waals surface area contributed by atoms with Crippen LogP contribution in [0.5, 0.6) is 0 Å². The SMILES string of the molecule is Cc1nc(C)c(N2CSC(SCCCN3CCC4(CCc5cc(Cl)ccc54)C3)C2C)s1. The first-order chi connectivity index (χ1) is 14.9. The molecule has 3 nitrogen and oxygen atoms in total. The maximum atomic E-state index is 6.23. The van der Waals surface area contributed by atoms with Crippen LogP contribution in [0.1, 0.15) is 48.0 Å². The summed E-state index contributed by atoms with van der Waals surface area (Å²) in [4.78, 5) is 9.91. The molecule has 2 aliphatic heterocycles. The second-order valence-electron chi connectivity index (χ2n) is 9.33. The highest BCUT2D eigenvalue weighted by Crippen LogP contribution is 2.46. The van der Waals surface area contributed by atoms with Crippen LogP contribution >= 0.6 is 46.5 Å². The Morgan fingerprint density at radius 2 is 2.16 bits per heavy atom. The van der Waals surface area contributed by atoms with Gasteiger partial charge < -0.3 is 9.80 Å². The van der Waals surface area contributed by atoms with Gasteiger partial charge in [0.05, 0.1) is 21.2 Å². The van der Waals surface area contributed by atoms with Crippen LogP contribution in [0, 0.1) is 13.8 Å².